The van der Waals surface area contributed by atoms with Gasteiger partial charge in [0.25, 0.3) is 0 Å². The Morgan fingerprint density at radius 1 is 0.842 bits per heavy atom. The van der Waals surface area contributed by atoms with Crippen molar-refractivity contribution in [2.75, 3.05) is 5.75 Å². The maximum absolute atomic E-state index is 13.7. The van der Waals surface area contributed by atoms with Crippen molar-refractivity contribution >= 4 is 15.5 Å². The molecule has 1 aromatic carbocycles. The van der Waals surface area contributed by atoms with Crippen molar-refractivity contribution in [2.24, 2.45) is 0 Å². The second-order valence-corrected chi connectivity index (χ2v) is 10.1. The molecular weight excluding hydrogens is 555 g/mol. The number of hydrogen-bond donors (Lipinski definition) is 0. The van der Waals surface area contributed by atoms with Crippen molar-refractivity contribution in [2.45, 2.75) is 30.3 Å². The van der Waals surface area contributed by atoms with Gasteiger partial charge in [-0.05, 0) is 35.9 Å². The molecule has 3 heterocycles. The second-order valence-electron chi connectivity index (χ2n) is 7.88. The zero-order chi connectivity index (χ0) is 28.3. The maximum Gasteiger partial charge on any atom is 0.417 e. The highest BCUT2D eigenvalue weighted by atomic mass is 32.2. The van der Waals surface area contributed by atoms with Crippen LogP contribution in [-0.4, -0.2) is 33.8 Å². The van der Waals surface area contributed by atoms with Crippen molar-refractivity contribution in [1.82, 2.24) is 19.6 Å². The third kappa shape index (κ3) is 5.16. The minimum atomic E-state index is -5.24. The van der Waals surface area contributed by atoms with E-state index < -0.39 is 78.4 Å². The lowest BCUT2D eigenvalue weighted by molar-refractivity contribution is -0.143. The summed E-state index contributed by atoms with van der Waals surface area (Å²) in [6.07, 6.45) is -13.6. The Morgan fingerprint density at radius 3 is 2.05 bits per heavy atom. The highest BCUT2D eigenvalue weighted by Gasteiger charge is 2.39. The minimum Gasteiger partial charge on any atom is -0.251 e. The molecule has 0 aliphatic carbocycles. The van der Waals surface area contributed by atoms with Crippen LogP contribution >= 0.6 is 0 Å². The molecule has 6 nitrogen and oxygen atoms in total. The molecule has 0 unspecified atom stereocenters. The lowest BCUT2D eigenvalue weighted by atomic mass is 9.97. The van der Waals surface area contributed by atoms with E-state index in [1.54, 1.807) is 0 Å². The average Bonchev–Trinajstić information content (AvgIpc) is 3.25. The molecule has 0 bridgehead atoms. The molecule has 202 valence electrons. The Labute approximate surface area is 207 Å². The number of benzene rings is 1. The Bertz CT molecular complexity index is 1640. The van der Waals surface area contributed by atoms with Crippen LogP contribution in [0.1, 0.15) is 23.6 Å². The van der Waals surface area contributed by atoms with E-state index >= 15 is 0 Å². The molecule has 0 saturated carbocycles. The summed E-state index contributed by atoms with van der Waals surface area (Å²) in [5.41, 5.74) is -6.12. The molecule has 0 amide bonds. The first-order valence-electron chi connectivity index (χ1n) is 10.4. The molecule has 0 atom stereocenters. The summed E-state index contributed by atoms with van der Waals surface area (Å²) in [6.45, 7) is 1.22. The van der Waals surface area contributed by atoms with Gasteiger partial charge in [0.15, 0.2) is 15.5 Å². The zero-order valence-electron chi connectivity index (χ0n) is 18.7. The first-order valence-corrected chi connectivity index (χ1v) is 12.0. The number of fused-ring (bicyclic) bond motifs is 1. The number of hydrogen-bond acceptors (Lipinski definition) is 5. The third-order valence-electron chi connectivity index (χ3n) is 5.40. The Hall–Kier alpha value is -3.69. The third-order valence-corrected chi connectivity index (χ3v) is 7.14. The van der Waals surface area contributed by atoms with Gasteiger partial charge in [-0.2, -0.15) is 39.5 Å². The second kappa shape index (κ2) is 8.96. The van der Waals surface area contributed by atoms with Crippen LogP contribution in [0.25, 0.3) is 28.3 Å². The van der Waals surface area contributed by atoms with Gasteiger partial charge >= 0.3 is 18.5 Å². The van der Waals surface area contributed by atoms with Crippen molar-refractivity contribution in [3.63, 3.8) is 0 Å². The van der Waals surface area contributed by atoms with E-state index in [1.165, 1.54) is 6.92 Å². The standard InChI is InChI=1S/C22H13F9N4O2S/c1-2-38(36,37)16-7-11(14-5-3-12(20(23,24)25)8-15(14)22(29,30)31)9-32-18(16)19-33-17-6-4-13(21(26,27)28)10-35(17)34-19/h3-10H,2H2,1H3. The summed E-state index contributed by atoms with van der Waals surface area (Å²) in [5, 5.41) is 3.84. The van der Waals surface area contributed by atoms with E-state index in [9.17, 15) is 47.9 Å². The first-order chi connectivity index (χ1) is 17.4. The van der Waals surface area contributed by atoms with E-state index in [2.05, 4.69) is 15.1 Å². The molecular formula is C22H13F9N4O2S. The highest BCUT2D eigenvalue weighted by Crippen LogP contribution is 2.42. The van der Waals surface area contributed by atoms with Crippen LogP contribution in [0.5, 0.6) is 0 Å². The molecule has 4 aromatic rings. The predicted octanol–water partition coefficient (Wildman–Crippen LogP) is 6.31. The van der Waals surface area contributed by atoms with Crippen LogP contribution in [-0.2, 0) is 28.4 Å². The summed E-state index contributed by atoms with van der Waals surface area (Å²) in [5.74, 6) is -0.998. The van der Waals surface area contributed by atoms with Crippen LogP contribution in [0, 0.1) is 0 Å². The molecule has 16 heteroatoms. The summed E-state index contributed by atoms with van der Waals surface area (Å²) < 4.78 is 146. The van der Waals surface area contributed by atoms with E-state index in [1.807, 2.05) is 0 Å². The number of rotatable bonds is 4. The fourth-order valence-corrected chi connectivity index (χ4v) is 4.57. The number of nitrogens with zero attached hydrogens (tertiary/aromatic N) is 4. The highest BCUT2D eigenvalue weighted by molar-refractivity contribution is 7.91. The normalized spacial score (nSPS) is 13.3. The molecule has 0 spiro atoms. The molecule has 0 aliphatic heterocycles. The van der Waals surface area contributed by atoms with Crippen LogP contribution in [0.4, 0.5) is 39.5 Å². The van der Waals surface area contributed by atoms with Crippen molar-refractivity contribution in [3.05, 3.63) is 65.5 Å². The summed E-state index contributed by atoms with van der Waals surface area (Å²) in [6, 6.07) is 3.34. The van der Waals surface area contributed by atoms with Gasteiger partial charge < -0.3 is 0 Å². The topological polar surface area (TPSA) is 77.2 Å². The van der Waals surface area contributed by atoms with Gasteiger partial charge in [0.05, 0.1) is 27.3 Å². The summed E-state index contributed by atoms with van der Waals surface area (Å²) in [7, 11) is -4.25. The summed E-state index contributed by atoms with van der Waals surface area (Å²) in [4.78, 5) is 7.18. The average molecular weight is 568 g/mol. The first kappa shape index (κ1) is 27.3. The molecule has 0 N–H and O–H groups in total. The molecule has 0 radical (unpaired) electrons. The van der Waals surface area contributed by atoms with E-state index in [4.69, 9.17) is 0 Å². The lowest BCUT2D eigenvalue weighted by Crippen LogP contribution is -2.13. The van der Waals surface area contributed by atoms with Gasteiger partial charge in [-0.15, -0.1) is 5.10 Å². The van der Waals surface area contributed by atoms with Gasteiger partial charge in [-0.1, -0.05) is 13.0 Å². The van der Waals surface area contributed by atoms with Gasteiger partial charge in [0, 0.05) is 18.0 Å². The Kier molecular flexibility index (Phi) is 6.45. The monoisotopic (exact) mass is 568 g/mol. The molecule has 0 aliphatic rings. The predicted molar refractivity (Wildman–Crippen MR) is 114 cm³/mol. The van der Waals surface area contributed by atoms with Crippen molar-refractivity contribution < 1.29 is 47.9 Å². The van der Waals surface area contributed by atoms with Gasteiger partial charge in [-0.3, -0.25) is 4.98 Å². The van der Waals surface area contributed by atoms with E-state index in [-0.39, 0.29) is 11.7 Å². The number of alkyl halides is 9. The smallest absolute Gasteiger partial charge is 0.251 e. The van der Waals surface area contributed by atoms with Crippen LogP contribution in [0.2, 0.25) is 0 Å². The molecule has 0 saturated heterocycles. The van der Waals surface area contributed by atoms with E-state index in [0.29, 0.717) is 18.3 Å². The zero-order valence-corrected chi connectivity index (χ0v) is 19.6. The minimum absolute atomic E-state index is 0.0981. The van der Waals surface area contributed by atoms with Crippen molar-refractivity contribution in [1.29, 1.82) is 0 Å². The molecule has 3 aromatic heterocycles. The van der Waals surface area contributed by atoms with Gasteiger partial charge in [0.1, 0.15) is 5.69 Å². The SMILES string of the molecule is CCS(=O)(=O)c1cc(-c2ccc(C(F)(F)F)cc2C(F)(F)F)cnc1-c1nc2ccc(C(F)(F)F)cn2n1. The van der Waals surface area contributed by atoms with Crippen LogP contribution in [0.3, 0.4) is 0 Å². The number of halogens is 9. The number of sulfone groups is 1. The van der Waals surface area contributed by atoms with Crippen LogP contribution in [0.15, 0.2) is 53.7 Å². The number of pyridine rings is 2. The summed E-state index contributed by atoms with van der Waals surface area (Å²) >= 11 is 0. The van der Waals surface area contributed by atoms with Gasteiger partial charge in [0.2, 0.25) is 5.82 Å². The maximum atomic E-state index is 13.7. The fourth-order valence-electron chi connectivity index (χ4n) is 3.51. The largest absolute Gasteiger partial charge is 0.417 e. The molecule has 4 rings (SSSR count). The van der Waals surface area contributed by atoms with Crippen LogP contribution < -0.4 is 0 Å². The lowest BCUT2D eigenvalue weighted by Gasteiger charge is -2.17. The number of aromatic nitrogens is 4. The molecule has 38 heavy (non-hydrogen) atoms. The van der Waals surface area contributed by atoms with Crippen molar-refractivity contribution in [3.8, 4) is 22.6 Å². The Balaban J connectivity index is 1.93. The van der Waals surface area contributed by atoms with E-state index in [0.717, 1.165) is 28.9 Å². The van der Waals surface area contributed by atoms with Gasteiger partial charge in [-0.25, -0.2) is 17.9 Å². The fraction of sp³-hybridized carbons (Fsp3) is 0.227. The quantitative estimate of drug-likeness (QED) is 0.270. The molecule has 0 fully saturated rings. The Morgan fingerprint density at radius 2 is 1.47 bits per heavy atom.